The average molecular weight is 523 g/mol. The molecule has 0 amide bonds. The number of carboxylic acid groups (broad SMARTS) is 1. The molecule has 3 rings (SSSR count). The van der Waals surface area contributed by atoms with Crippen LogP contribution >= 0.6 is 22.6 Å². The van der Waals surface area contributed by atoms with Gasteiger partial charge in [0.15, 0.2) is 23.7 Å². The van der Waals surface area contributed by atoms with Crippen molar-refractivity contribution < 1.29 is 35.5 Å². The molecule has 0 aliphatic carbocycles. The molecule has 0 spiro atoms. The van der Waals surface area contributed by atoms with Crippen LogP contribution in [-0.4, -0.2) is 89.2 Å². The second-order valence-electron chi connectivity index (χ2n) is 7.10. The Morgan fingerprint density at radius 1 is 1.34 bits per heavy atom. The molecule has 2 aromatic rings. The highest BCUT2D eigenvalue weighted by atomic mass is 127. The van der Waals surface area contributed by atoms with Crippen LogP contribution in [0.1, 0.15) is 12.6 Å². The maximum Gasteiger partial charge on any atom is 0.362 e. The highest BCUT2D eigenvalue weighted by Crippen LogP contribution is 2.31. The van der Waals surface area contributed by atoms with Crippen molar-refractivity contribution in [2.45, 2.75) is 37.0 Å². The zero-order valence-electron chi connectivity index (χ0n) is 15.7. The van der Waals surface area contributed by atoms with Crippen LogP contribution in [0.25, 0.3) is 11.2 Å². The van der Waals surface area contributed by atoms with Crippen LogP contribution in [-0.2, 0) is 9.53 Å². The van der Waals surface area contributed by atoms with E-state index in [1.807, 2.05) is 0 Å². The van der Waals surface area contributed by atoms with Crippen LogP contribution in [0.15, 0.2) is 12.7 Å². The molecule has 13 heteroatoms. The quantitative estimate of drug-likeness (QED) is 0.143. The second-order valence-corrected chi connectivity index (χ2v) is 8.17. The van der Waals surface area contributed by atoms with Crippen LogP contribution in [0.5, 0.6) is 0 Å². The SMILES string of the molecule is Nc1ncnc2c1ncn2[C@@H]1O[C@H](C[NH+](CCI)CCC([NH3+])C(=O)O)C(O)[C@@H]1O. The van der Waals surface area contributed by atoms with E-state index in [0.29, 0.717) is 30.7 Å². The lowest BCUT2D eigenvalue weighted by molar-refractivity contribution is -0.901. The van der Waals surface area contributed by atoms with Gasteiger partial charge in [-0.15, -0.1) is 0 Å². The Kier molecular flexibility index (Phi) is 7.18. The first-order valence-corrected chi connectivity index (χ1v) is 10.8. The van der Waals surface area contributed by atoms with E-state index in [1.54, 1.807) is 0 Å². The molecule has 9 N–H and O–H groups in total. The third-order valence-corrected chi connectivity index (χ3v) is 5.67. The Morgan fingerprint density at radius 2 is 2.10 bits per heavy atom. The first kappa shape index (κ1) is 22.0. The molecule has 12 nitrogen and oxygen atoms in total. The highest BCUT2D eigenvalue weighted by Gasteiger charge is 2.46. The fourth-order valence-corrected chi connectivity index (χ4v) is 4.20. The molecule has 29 heavy (non-hydrogen) atoms. The summed E-state index contributed by atoms with van der Waals surface area (Å²) in [5, 5.41) is 30.1. The number of anilines is 1. The number of rotatable bonds is 9. The number of carboxylic acids is 1. The number of nitrogens with two attached hydrogens (primary N) is 1. The molecule has 1 fully saturated rings. The van der Waals surface area contributed by atoms with Crippen molar-refractivity contribution in [3.8, 4) is 0 Å². The van der Waals surface area contributed by atoms with E-state index < -0.39 is 36.6 Å². The maximum atomic E-state index is 11.0. The predicted octanol–water partition coefficient (Wildman–Crippen LogP) is -3.57. The number of aliphatic carboxylic acids is 1. The third-order valence-electron chi connectivity index (χ3n) is 5.13. The average Bonchev–Trinajstić information content (AvgIpc) is 3.23. The molecule has 160 valence electrons. The van der Waals surface area contributed by atoms with E-state index in [-0.39, 0.29) is 5.82 Å². The minimum absolute atomic E-state index is 0.220. The number of nitrogens with one attached hydrogen (secondary N) is 1. The van der Waals surface area contributed by atoms with Crippen LogP contribution < -0.4 is 16.4 Å². The van der Waals surface area contributed by atoms with Gasteiger partial charge >= 0.3 is 5.97 Å². The molecule has 0 aromatic carbocycles. The van der Waals surface area contributed by atoms with Gasteiger partial charge in [-0.2, -0.15) is 0 Å². The Bertz CT molecular complexity index is 852. The summed E-state index contributed by atoms with van der Waals surface area (Å²) in [6, 6.07) is -0.686. The van der Waals surface area contributed by atoms with Crippen molar-refractivity contribution in [2.75, 3.05) is 29.8 Å². The Morgan fingerprint density at radius 3 is 2.79 bits per heavy atom. The predicted molar refractivity (Wildman–Crippen MR) is 109 cm³/mol. The summed E-state index contributed by atoms with van der Waals surface area (Å²) in [7, 11) is 0. The molecular weight excluding hydrogens is 497 g/mol. The second kappa shape index (κ2) is 9.44. The number of alkyl halides is 1. The molecule has 0 saturated carbocycles. The van der Waals surface area contributed by atoms with Gasteiger partial charge in [0.2, 0.25) is 0 Å². The fourth-order valence-electron chi connectivity index (χ4n) is 3.43. The van der Waals surface area contributed by atoms with Crippen LogP contribution in [0.4, 0.5) is 5.82 Å². The minimum Gasteiger partial charge on any atom is -0.477 e. The fraction of sp³-hybridized carbons (Fsp3) is 0.625. The third kappa shape index (κ3) is 4.75. The molecule has 1 aliphatic heterocycles. The normalized spacial score (nSPS) is 26.6. The van der Waals surface area contributed by atoms with Crippen molar-refractivity contribution in [1.29, 1.82) is 0 Å². The molecule has 3 unspecified atom stereocenters. The number of quaternary nitrogens is 2. The monoisotopic (exact) mass is 523 g/mol. The molecule has 0 radical (unpaired) electrons. The van der Waals surface area contributed by atoms with Crippen molar-refractivity contribution in [3.63, 3.8) is 0 Å². The molecule has 1 aliphatic rings. The van der Waals surface area contributed by atoms with E-state index in [2.05, 4.69) is 43.3 Å². The first-order chi connectivity index (χ1) is 13.8. The first-order valence-electron chi connectivity index (χ1n) is 9.23. The van der Waals surface area contributed by atoms with E-state index >= 15 is 0 Å². The Balaban J connectivity index is 1.72. The van der Waals surface area contributed by atoms with Gasteiger partial charge < -0.3 is 36.4 Å². The van der Waals surface area contributed by atoms with E-state index in [1.165, 1.54) is 17.2 Å². The summed E-state index contributed by atoms with van der Waals surface area (Å²) in [5.41, 5.74) is 10.3. The molecule has 0 bridgehead atoms. The van der Waals surface area contributed by atoms with Gasteiger partial charge in [-0.1, -0.05) is 22.6 Å². The number of fused-ring (bicyclic) bond motifs is 1. The summed E-state index contributed by atoms with van der Waals surface area (Å²) < 4.78 is 8.37. The van der Waals surface area contributed by atoms with Gasteiger partial charge in [0.05, 0.1) is 25.8 Å². The topological polar surface area (TPSA) is 189 Å². The smallest absolute Gasteiger partial charge is 0.362 e. The van der Waals surface area contributed by atoms with Gasteiger partial charge in [-0.25, -0.2) is 19.7 Å². The lowest BCUT2D eigenvalue weighted by atomic mass is 10.1. The number of aliphatic hydroxyl groups excluding tert-OH is 2. The van der Waals surface area contributed by atoms with E-state index in [0.717, 1.165) is 15.9 Å². The number of aliphatic hydroxyl groups is 2. The van der Waals surface area contributed by atoms with Crippen LogP contribution in [0, 0.1) is 0 Å². The minimum atomic E-state index is -1.17. The number of carbonyl (C=O) groups is 1. The number of ether oxygens (including phenoxy) is 1. The largest absolute Gasteiger partial charge is 0.477 e. The highest BCUT2D eigenvalue weighted by molar-refractivity contribution is 14.1. The van der Waals surface area contributed by atoms with Crippen molar-refractivity contribution >= 4 is 45.5 Å². The molecule has 6 atom stereocenters. The van der Waals surface area contributed by atoms with Gasteiger partial charge in [-0.3, -0.25) is 4.57 Å². The van der Waals surface area contributed by atoms with Crippen LogP contribution in [0.2, 0.25) is 0 Å². The number of halogens is 1. The van der Waals surface area contributed by atoms with Crippen molar-refractivity contribution in [1.82, 2.24) is 19.5 Å². The standard InChI is InChI=1S/C16H24IN7O5/c17-2-4-23(3-1-8(18)16(27)28)5-9-11(25)12(26)15(29-9)24-7-22-10-13(19)20-6-21-14(10)24/h6-9,11-12,15,25-26H,1-5,18H2,(H,27,28)(H2,19,20,21)/p+2/t8?,9-,11?,12+,15-/m1/s1. The lowest BCUT2D eigenvalue weighted by Gasteiger charge is -2.23. The molecular formula is C16H26IN7O5+2. The van der Waals surface area contributed by atoms with Crippen molar-refractivity contribution in [3.05, 3.63) is 12.7 Å². The lowest BCUT2D eigenvalue weighted by Crippen LogP contribution is -3.14. The molecule has 3 heterocycles. The summed E-state index contributed by atoms with van der Waals surface area (Å²) >= 11 is 2.25. The number of hydrogen-bond acceptors (Lipinski definition) is 8. The Hall–Kier alpha value is -1.65. The maximum absolute atomic E-state index is 11.0. The number of aromatic nitrogens is 4. The molecule has 2 aromatic heterocycles. The number of hydrogen-bond donors (Lipinski definition) is 6. The number of nitrogen functional groups attached to an aromatic ring is 1. The van der Waals surface area contributed by atoms with Crippen LogP contribution in [0.3, 0.4) is 0 Å². The van der Waals surface area contributed by atoms with Gasteiger partial charge in [0.1, 0.15) is 36.7 Å². The molecule has 1 saturated heterocycles. The zero-order valence-corrected chi connectivity index (χ0v) is 17.8. The summed E-state index contributed by atoms with van der Waals surface area (Å²) in [5.74, 6) is -0.711. The van der Waals surface area contributed by atoms with E-state index in [9.17, 15) is 15.0 Å². The number of imidazole rings is 1. The van der Waals surface area contributed by atoms with Gasteiger partial charge in [0.25, 0.3) is 0 Å². The summed E-state index contributed by atoms with van der Waals surface area (Å²) in [4.78, 5) is 24.3. The Labute approximate surface area is 180 Å². The van der Waals surface area contributed by atoms with Gasteiger partial charge in [-0.05, 0) is 0 Å². The van der Waals surface area contributed by atoms with Crippen molar-refractivity contribution in [2.24, 2.45) is 0 Å². The van der Waals surface area contributed by atoms with Gasteiger partial charge in [0, 0.05) is 4.43 Å². The zero-order chi connectivity index (χ0) is 21.1. The van der Waals surface area contributed by atoms with E-state index in [4.69, 9.17) is 15.6 Å². The summed E-state index contributed by atoms with van der Waals surface area (Å²) in [6.45, 7) is 1.78. The number of nitrogens with zero attached hydrogens (tertiary/aromatic N) is 4. The summed E-state index contributed by atoms with van der Waals surface area (Å²) in [6.07, 6.45) is -0.598.